The number of carbonyl (C=O) groups excluding carboxylic acids is 1. The van der Waals surface area contributed by atoms with Gasteiger partial charge in [0, 0.05) is 25.2 Å². The molecule has 9 nitrogen and oxygen atoms in total. The predicted octanol–water partition coefficient (Wildman–Crippen LogP) is 3.41. The largest absolute Gasteiger partial charge is 0.418 e. The molecule has 0 radical (unpaired) electrons. The maximum absolute atomic E-state index is 13.7. The number of aromatic nitrogens is 6. The number of rotatable bonds is 7. The first kappa shape index (κ1) is 22.5. The highest BCUT2D eigenvalue weighted by Gasteiger charge is 2.34. The maximum atomic E-state index is 13.7. The van der Waals surface area contributed by atoms with Crippen LogP contribution in [0.1, 0.15) is 32.3 Å². The first-order chi connectivity index (χ1) is 15.7. The van der Waals surface area contributed by atoms with Crippen molar-refractivity contribution < 1.29 is 18.0 Å². The van der Waals surface area contributed by atoms with Gasteiger partial charge in [-0.05, 0) is 25.5 Å². The summed E-state index contributed by atoms with van der Waals surface area (Å²) in [5.41, 5.74) is -0.385. The highest BCUT2D eigenvalue weighted by atomic mass is 19.4. The Morgan fingerprint density at radius 2 is 2.03 bits per heavy atom. The van der Waals surface area contributed by atoms with Crippen LogP contribution in [0.5, 0.6) is 0 Å². The smallest absolute Gasteiger partial charge is 0.354 e. The van der Waals surface area contributed by atoms with E-state index in [9.17, 15) is 18.0 Å². The molecule has 12 heteroatoms. The molecule has 0 unspecified atom stereocenters. The number of aryl methyl sites for hydroxylation is 1. The number of para-hydroxylation sites is 1. The molecule has 3 aromatic heterocycles. The Balaban J connectivity index is 1.85. The van der Waals surface area contributed by atoms with Crippen LogP contribution in [0, 0.1) is 0 Å². The molecular formula is C21H23F3N8O. The number of fused-ring (bicyclic) bond motifs is 3. The van der Waals surface area contributed by atoms with Gasteiger partial charge in [-0.2, -0.15) is 22.8 Å². The minimum Gasteiger partial charge on any atom is -0.354 e. The van der Waals surface area contributed by atoms with Crippen LogP contribution in [-0.4, -0.2) is 47.9 Å². The molecule has 1 amide bonds. The SMILES string of the molecule is CCCCNC(=O)[C@@H](C)Nc1nc2c(C(F)(F)F)cccc2c2nc(-c3cnn(C)c3)nn12. The van der Waals surface area contributed by atoms with Crippen molar-refractivity contribution in [2.45, 2.75) is 38.9 Å². The molecule has 0 aliphatic carbocycles. The second-order valence-corrected chi connectivity index (χ2v) is 7.72. The number of hydrogen-bond acceptors (Lipinski definition) is 6. The van der Waals surface area contributed by atoms with Gasteiger partial charge < -0.3 is 10.6 Å². The minimum absolute atomic E-state index is 0.0185. The Morgan fingerprint density at radius 3 is 2.70 bits per heavy atom. The fourth-order valence-corrected chi connectivity index (χ4v) is 3.41. The number of hydrogen-bond donors (Lipinski definition) is 2. The molecule has 33 heavy (non-hydrogen) atoms. The zero-order valence-electron chi connectivity index (χ0n) is 18.3. The van der Waals surface area contributed by atoms with E-state index < -0.39 is 17.8 Å². The lowest BCUT2D eigenvalue weighted by atomic mass is 10.1. The van der Waals surface area contributed by atoms with Crippen LogP contribution in [0.15, 0.2) is 30.6 Å². The minimum atomic E-state index is -4.61. The van der Waals surface area contributed by atoms with Crippen LogP contribution in [-0.2, 0) is 18.0 Å². The highest BCUT2D eigenvalue weighted by molar-refractivity contribution is 5.95. The van der Waals surface area contributed by atoms with Gasteiger partial charge in [0.05, 0.1) is 22.8 Å². The van der Waals surface area contributed by atoms with E-state index in [1.807, 2.05) is 6.92 Å². The summed E-state index contributed by atoms with van der Waals surface area (Å²) in [5, 5.41) is 14.4. The second-order valence-electron chi connectivity index (χ2n) is 7.72. The molecule has 1 atom stereocenters. The molecule has 0 saturated heterocycles. The molecule has 4 aromatic rings. The Hall–Kier alpha value is -3.70. The number of halogens is 3. The molecule has 174 valence electrons. The highest BCUT2D eigenvalue weighted by Crippen LogP contribution is 2.36. The van der Waals surface area contributed by atoms with Gasteiger partial charge in [0.1, 0.15) is 6.04 Å². The van der Waals surface area contributed by atoms with Gasteiger partial charge in [-0.15, -0.1) is 5.10 Å². The summed E-state index contributed by atoms with van der Waals surface area (Å²) in [6.45, 7) is 4.12. The monoisotopic (exact) mass is 460 g/mol. The van der Waals surface area contributed by atoms with Crippen LogP contribution >= 0.6 is 0 Å². The van der Waals surface area contributed by atoms with Crippen molar-refractivity contribution in [1.29, 1.82) is 0 Å². The Bertz CT molecular complexity index is 1310. The molecular weight excluding hydrogens is 437 g/mol. The number of anilines is 1. The molecule has 3 heterocycles. The van der Waals surface area contributed by atoms with Gasteiger partial charge in [-0.3, -0.25) is 9.48 Å². The third-order valence-corrected chi connectivity index (χ3v) is 5.14. The van der Waals surface area contributed by atoms with Crippen LogP contribution in [0.4, 0.5) is 19.1 Å². The normalized spacial score (nSPS) is 12.9. The lowest BCUT2D eigenvalue weighted by molar-refractivity contribution is -0.136. The summed E-state index contributed by atoms with van der Waals surface area (Å²) in [7, 11) is 1.73. The van der Waals surface area contributed by atoms with Crippen molar-refractivity contribution in [3.05, 3.63) is 36.2 Å². The summed E-state index contributed by atoms with van der Waals surface area (Å²) in [6.07, 6.45) is 0.386. The lowest BCUT2D eigenvalue weighted by Gasteiger charge is -2.17. The molecule has 0 aliphatic rings. The average Bonchev–Trinajstić information content (AvgIpc) is 3.39. The predicted molar refractivity (Wildman–Crippen MR) is 116 cm³/mol. The van der Waals surface area contributed by atoms with Gasteiger partial charge in [-0.1, -0.05) is 19.4 Å². The molecule has 0 aliphatic heterocycles. The van der Waals surface area contributed by atoms with Crippen LogP contribution in [0.25, 0.3) is 27.9 Å². The van der Waals surface area contributed by atoms with Crippen molar-refractivity contribution in [2.24, 2.45) is 7.05 Å². The fourth-order valence-electron chi connectivity index (χ4n) is 3.41. The topological polar surface area (TPSA) is 102 Å². The Kier molecular flexibility index (Phi) is 5.91. The van der Waals surface area contributed by atoms with E-state index >= 15 is 0 Å². The van der Waals surface area contributed by atoms with E-state index in [2.05, 4.69) is 30.8 Å². The van der Waals surface area contributed by atoms with Crippen molar-refractivity contribution in [1.82, 2.24) is 34.7 Å². The third-order valence-electron chi connectivity index (χ3n) is 5.14. The fraction of sp³-hybridized carbons (Fsp3) is 0.381. The molecule has 2 N–H and O–H groups in total. The van der Waals surface area contributed by atoms with Gasteiger partial charge in [0.15, 0.2) is 11.5 Å². The van der Waals surface area contributed by atoms with E-state index in [0.717, 1.165) is 18.9 Å². The Labute approximate surface area is 187 Å². The zero-order valence-corrected chi connectivity index (χ0v) is 18.3. The van der Waals surface area contributed by atoms with E-state index in [1.54, 1.807) is 31.0 Å². The zero-order chi connectivity index (χ0) is 23.8. The Morgan fingerprint density at radius 1 is 1.24 bits per heavy atom. The number of benzene rings is 1. The van der Waals surface area contributed by atoms with E-state index in [0.29, 0.717) is 12.1 Å². The number of amides is 1. The molecule has 4 rings (SSSR count). The lowest BCUT2D eigenvalue weighted by Crippen LogP contribution is -2.38. The molecule has 1 aromatic carbocycles. The van der Waals surface area contributed by atoms with E-state index in [-0.39, 0.29) is 34.2 Å². The van der Waals surface area contributed by atoms with E-state index in [1.165, 1.54) is 16.6 Å². The third kappa shape index (κ3) is 4.45. The van der Waals surface area contributed by atoms with E-state index in [4.69, 9.17) is 0 Å². The van der Waals surface area contributed by atoms with Gasteiger partial charge in [0.25, 0.3) is 0 Å². The first-order valence-corrected chi connectivity index (χ1v) is 10.5. The van der Waals surface area contributed by atoms with Gasteiger partial charge in [-0.25, -0.2) is 9.97 Å². The summed E-state index contributed by atoms with van der Waals surface area (Å²) in [5.74, 6) is -0.0388. The standard InChI is InChI=1S/C21H23F3N8O/c1-4-5-9-25-19(33)12(2)27-20-28-16-14(7-6-8-15(16)21(22,23)24)18-29-17(30-32(18)20)13-10-26-31(3)11-13/h6-8,10-12H,4-5,9H2,1-3H3,(H,25,33)(H,27,28)/t12-/m1/s1. The number of nitrogens with one attached hydrogen (secondary N) is 2. The van der Waals surface area contributed by atoms with Gasteiger partial charge >= 0.3 is 6.18 Å². The van der Waals surface area contributed by atoms with Crippen molar-refractivity contribution in [2.75, 3.05) is 11.9 Å². The summed E-state index contributed by atoms with van der Waals surface area (Å²) >= 11 is 0. The number of alkyl halides is 3. The number of carbonyl (C=O) groups is 1. The molecule has 0 fully saturated rings. The average molecular weight is 460 g/mol. The van der Waals surface area contributed by atoms with Crippen molar-refractivity contribution in [3.8, 4) is 11.4 Å². The van der Waals surface area contributed by atoms with Gasteiger partial charge in [0.2, 0.25) is 11.9 Å². The number of nitrogens with zero attached hydrogens (tertiary/aromatic N) is 6. The van der Waals surface area contributed by atoms with Crippen LogP contribution in [0.3, 0.4) is 0 Å². The summed E-state index contributed by atoms with van der Waals surface area (Å²) < 4.78 is 44.0. The summed E-state index contributed by atoms with van der Waals surface area (Å²) in [4.78, 5) is 21.1. The second kappa shape index (κ2) is 8.68. The van der Waals surface area contributed by atoms with Crippen molar-refractivity contribution in [3.63, 3.8) is 0 Å². The molecule has 0 saturated carbocycles. The van der Waals surface area contributed by atoms with Crippen molar-refractivity contribution >= 4 is 28.4 Å². The van der Waals surface area contributed by atoms with Crippen LogP contribution in [0.2, 0.25) is 0 Å². The summed E-state index contributed by atoms with van der Waals surface area (Å²) in [6, 6.07) is 3.02. The van der Waals surface area contributed by atoms with Crippen LogP contribution < -0.4 is 10.6 Å². The quantitative estimate of drug-likeness (QED) is 0.410. The molecule has 0 bridgehead atoms. The maximum Gasteiger partial charge on any atom is 0.418 e. The first-order valence-electron chi connectivity index (χ1n) is 10.5. The molecule has 0 spiro atoms. The number of unbranched alkanes of at least 4 members (excludes halogenated alkanes) is 1.